The number of ether oxygens (including phenoxy) is 1. The van der Waals surface area contributed by atoms with Crippen molar-refractivity contribution in [3.63, 3.8) is 0 Å². The fraction of sp³-hybridized carbons (Fsp3) is 0.250. The SMILES string of the molecule is CNc1nc(C)cn1-c1ccc(OC)c(F)c1. The normalized spacial score (nSPS) is 10.4. The topological polar surface area (TPSA) is 39.1 Å². The predicted molar refractivity (Wildman–Crippen MR) is 64.4 cm³/mol. The number of hydrogen-bond donors (Lipinski definition) is 1. The number of anilines is 1. The lowest BCUT2D eigenvalue weighted by Crippen LogP contribution is -2.01. The predicted octanol–water partition coefficient (Wildman–Crippen LogP) is 2.37. The number of hydrogen-bond acceptors (Lipinski definition) is 3. The molecule has 1 heterocycles. The number of benzene rings is 1. The summed E-state index contributed by atoms with van der Waals surface area (Å²) in [6.45, 7) is 1.89. The maximum absolute atomic E-state index is 13.6. The van der Waals surface area contributed by atoms with Crippen LogP contribution in [-0.4, -0.2) is 23.7 Å². The van der Waals surface area contributed by atoms with Crippen molar-refractivity contribution in [3.8, 4) is 11.4 Å². The second-order valence-corrected chi connectivity index (χ2v) is 3.64. The molecule has 0 fully saturated rings. The third-order valence-electron chi connectivity index (χ3n) is 2.46. The minimum Gasteiger partial charge on any atom is -0.494 e. The average molecular weight is 235 g/mol. The molecule has 1 aromatic heterocycles. The van der Waals surface area contributed by atoms with Crippen LogP contribution in [0.3, 0.4) is 0 Å². The molecule has 17 heavy (non-hydrogen) atoms. The van der Waals surface area contributed by atoms with E-state index in [2.05, 4.69) is 10.3 Å². The number of methoxy groups -OCH3 is 1. The van der Waals surface area contributed by atoms with Crippen LogP contribution in [0.4, 0.5) is 10.3 Å². The molecule has 0 spiro atoms. The lowest BCUT2D eigenvalue weighted by atomic mass is 10.3. The van der Waals surface area contributed by atoms with Gasteiger partial charge >= 0.3 is 0 Å². The largest absolute Gasteiger partial charge is 0.494 e. The fourth-order valence-electron chi connectivity index (χ4n) is 1.68. The van der Waals surface area contributed by atoms with Crippen LogP contribution >= 0.6 is 0 Å². The molecular formula is C12H14FN3O. The summed E-state index contributed by atoms with van der Waals surface area (Å²) in [5.74, 6) is 0.516. The van der Waals surface area contributed by atoms with Crippen molar-refractivity contribution in [2.75, 3.05) is 19.5 Å². The Hall–Kier alpha value is -2.04. The smallest absolute Gasteiger partial charge is 0.207 e. The number of nitrogens with one attached hydrogen (secondary N) is 1. The number of rotatable bonds is 3. The van der Waals surface area contributed by atoms with Gasteiger partial charge in [0.2, 0.25) is 5.95 Å². The van der Waals surface area contributed by atoms with Crippen LogP contribution in [0.25, 0.3) is 5.69 Å². The Morgan fingerprint density at radius 3 is 2.76 bits per heavy atom. The Kier molecular flexibility index (Phi) is 2.99. The maximum atomic E-state index is 13.6. The van der Waals surface area contributed by atoms with Gasteiger partial charge in [0.1, 0.15) is 0 Å². The van der Waals surface area contributed by atoms with Crippen LogP contribution < -0.4 is 10.1 Å². The summed E-state index contributed by atoms with van der Waals surface area (Å²) in [5.41, 5.74) is 1.57. The van der Waals surface area contributed by atoms with Gasteiger partial charge in [0.15, 0.2) is 11.6 Å². The second-order valence-electron chi connectivity index (χ2n) is 3.64. The summed E-state index contributed by atoms with van der Waals surface area (Å²) in [4.78, 5) is 4.28. The molecule has 0 saturated carbocycles. The second kappa shape index (κ2) is 4.45. The summed E-state index contributed by atoms with van der Waals surface area (Å²) in [7, 11) is 3.22. The number of halogens is 1. The zero-order valence-corrected chi connectivity index (χ0v) is 9.99. The lowest BCUT2D eigenvalue weighted by molar-refractivity contribution is 0.386. The Morgan fingerprint density at radius 1 is 1.41 bits per heavy atom. The first-order valence-electron chi connectivity index (χ1n) is 5.23. The van der Waals surface area contributed by atoms with E-state index in [1.165, 1.54) is 13.2 Å². The molecule has 0 saturated heterocycles. The van der Waals surface area contributed by atoms with E-state index >= 15 is 0 Å². The summed E-state index contributed by atoms with van der Waals surface area (Å²) >= 11 is 0. The molecule has 0 aliphatic rings. The molecule has 2 rings (SSSR count). The molecular weight excluding hydrogens is 221 g/mol. The van der Waals surface area contributed by atoms with E-state index in [1.807, 2.05) is 13.1 Å². The summed E-state index contributed by atoms with van der Waals surface area (Å²) in [5, 5.41) is 2.96. The van der Waals surface area contributed by atoms with Crippen molar-refractivity contribution in [1.82, 2.24) is 9.55 Å². The quantitative estimate of drug-likeness (QED) is 0.887. The highest BCUT2D eigenvalue weighted by Gasteiger charge is 2.09. The summed E-state index contributed by atoms with van der Waals surface area (Å²) < 4.78 is 20.3. The number of nitrogens with zero attached hydrogens (tertiary/aromatic N) is 2. The van der Waals surface area contributed by atoms with Crippen LogP contribution in [0.2, 0.25) is 0 Å². The van der Waals surface area contributed by atoms with Gasteiger partial charge in [0.25, 0.3) is 0 Å². The van der Waals surface area contributed by atoms with Crippen LogP contribution in [0.1, 0.15) is 5.69 Å². The van der Waals surface area contributed by atoms with Gasteiger partial charge in [-0.15, -0.1) is 0 Å². The first-order chi connectivity index (χ1) is 8.15. The van der Waals surface area contributed by atoms with Gasteiger partial charge in [-0.1, -0.05) is 0 Å². The zero-order valence-electron chi connectivity index (χ0n) is 9.99. The van der Waals surface area contributed by atoms with Gasteiger partial charge in [-0.05, 0) is 19.1 Å². The molecule has 0 unspecified atom stereocenters. The van der Waals surface area contributed by atoms with E-state index in [9.17, 15) is 4.39 Å². The summed E-state index contributed by atoms with van der Waals surface area (Å²) in [6, 6.07) is 4.80. The van der Waals surface area contributed by atoms with Gasteiger partial charge in [-0.3, -0.25) is 4.57 Å². The van der Waals surface area contributed by atoms with Crippen molar-refractivity contribution in [3.05, 3.63) is 35.9 Å². The summed E-state index contributed by atoms with van der Waals surface area (Å²) in [6.07, 6.45) is 1.84. The number of aromatic nitrogens is 2. The third-order valence-corrected chi connectivity index (χ3v) is 2.46. The van der Waals surface area contributed by atoms with E-state index in [-0.39, 0.29) is 5.75 Å². The number of aryl methyl sites for hydroxylation is 1. The zero-order chi connectivity index (χ0) is 12.4. The molecule has 2 aromatic rings. The van der Waals surface area contributed by atoms with Crippen LogP contribution in [0.5, 0.6) is 5.75 Å². The fourth-order valence-corrected chi connectivity index (χ4v) is 1.68. The van der Waals surface area contributed by atoms with Crippen LogP contribution in [-0.2, 0) is 0 Å². The molecule has 1 N–H and O–H groups in total. The van der Waals surface area contributed by atoms with E-state index in [1.54, 1.807) is 23.7 Å². The maximum Gasteiger partial charge on any atom is 0.207 e. The van der Waals surface area contributed by atoms with Crippen LogP contribution in [0.15, 0.2) is 24.4 Å². The molecule has 90 valence electrons. The monoisotopic (exact) mass is 235 g/mol. The molecule has 0 amide bonds. The van der Waals surface area contributed by atoms with Crippen molar-refractivity contribution < 1.29 is 9.13 Å². The average Bonchev–Trinajstić information content (AvgIpc) is 2.70. The van der Waals surface area contributed by atoms with Gasteiger partial charge in [-0.2, -0.15) is 0 Å². The Balaban J connectivity index is 2.49. The lowest BCUT2D eigenvalue weighted by Gasteiger charge is -2.08. The molecule has 0 radical (unpaired) electrons. The van der Waals surface area contributed by atoms with Crippen molar-refractivity contribution in [2.45, 2.75) is 6.92 Å². The van der Waals surface area contributed by atoms with E-state index in [0.717, 1.165) is 5.69 Å². The van der Waals surface area contributed by atoms with Gasteiger partial charge in [0, 0.05) is 19.3 Å². The highest BCUT2D eigenvalue weighted by Crippen LogP contribution is 2.22. The molecule has 0 atom stereocenters. The van der Waals surface area contributed by atoms with Gasteiger partial charge in [0.05, 0.1) is 18.5 Å². The number of imidazole rings is 1. The van der Waals surface area contributed by atoms with Crippen molar-refractivity contribution in [1.29, 1.82) is 0 Å². The first kappa shape index (κ1) is 11.4. The van der Waals surface area contributed by atoms with Crippen LogP contribution in [0, 0.1) is 12.7 Å². The third kappa shape index (κ3) is 2.08. The highest BCUT2D eigenvalue weighted by atomic mass is 19.1. The molecule has 4 nitrogen and oxygen atoms in total. The van der Waals surface area contributed by atoms with E-state index in [4.69, 9.17) is 4.74 Å². The molecule has 0 aliphatic heterocycles. The molecule has 0 aliphatic carbocycles. The Labute approximate surface area is 99.1 Å². The first-order valence-corrected chi connectivity index (χ1v) is 5.23. The Bertz CT molecular complexity index is 537. The molecule has 5 heteroatoms. The highest BCUT2D eigenvalue weighted by molar-refractivity contribution is 5.45. The molecule has 1 aromatic carbocycles. The standard InChI is InChI=1S/C12H14FN3O/c1-8-7-16(12(14-2)15-8)9-4-5-11(17-3)10(13)6-9/h4-7H,1-3H3,(H,14,15). The molecule has 0 bridgehead atoms. The van der Waals surface area contributed by atoms with E-state index < -0.39 is 5.82 Å². The van der Waals surface area contributed by atoms with Gasteiger partial charge in [-0.25, -0.2) is 9.37 Å². The van der Waals surface area contributed by atoms with Crippen molar-refractivity contribution >= 4 is 5.95 Å². The minimum absolute atomic E-state index is 0.233. The minimum atomic E-state index is -0.390. The van der Waals surface area contributed by atoms with Gasteiger partial charge < -0.3 is 10.1 Å². The van der Waals surface area contributed by atoms with E-state index in [0.29, 0.717) is 11.6 Å². The Morgan fingerprint density at radius 2 is 2.18 bits per heavy atom. The van der Waals surface area contributed by atoms with Crippen molar-refractivity contribution in [2.24, 2.45) is 0 Å².